The Morgan fingerprint density at radius 3 is 1.82 bits per heavy atom. The van der Waals surface area contributed by atoms with Gasteiger partial charge in [0.1, 0.15) is 0 Å². The van der Waals surface area contributed by atoms with Crippen LogP contribution >= 0.6 is 0 Å². The molecule has 7 aromatic carbocycles. The van der Waals surface area contributed by atoms with E-state index < -0.39 is 0 Å². The molecule has 2 aliphatic rings. The van der Waals surface area contributed by atoms with Crippen LogP contribution in [-0.4, -0.2) is 0 Å². The van der Waals surface area contributed by atoms with Crippen molar-refractivity contribution in [2.45, 2.75) is 0 Å². The van der Waals surface area contributed by atoms with Gasteiger partial charge >= 0.3 is 235 Å². The molecule has 39 heavy (non-hydrogen) atoms. The van der Waals surface area contributed by atoms with Gasteiger partial charge in [0, 0.05) is 0 Å². The first-order valence-corrected chi connectivity index (χ1v) is 15.4. The van der Waals surface area contributed by atoms with E-state index in [1.807, 2.05) is 0 Å². The summed E-state index contributed by atoms with van der Waals surface area (Å²) in [6.07, 6.45) is 0. The Kier molecular flexibility index (Phi) is 3.79. The molecule has 10 rings (SSSR count). The van der Waals surface area contributed by atoms with Crippen LogP contribution < -0.4 is 26.1 Å². The first kappa shape index (κ1) is 20.6. The maximum absolute atomic E-state index is 6.48. The van der Waals surface area contributed by atoms with Gasteiger partial charge in [0.05, 0.1) is 0 Å². The van der Waals surface area contributed by atoms with E-state index in [1.165, 1.54) is 78.4 Å². The van der Waals surface area contributed by atoms with Crippen molar-refractivity contribution in [1.82, 2.24) is 0 Å². The number of rotatable bonds is 3. The third kappa shape index (κ3) is 2.52. The fourth-order valence-corrected chi connectivity index (χ4v) is 9.99. The van der Waals surface area contributed by atoms with Crippen molar-refractivity contribution >= 4 is 71.3 Å². The molecule has 0 saturated heterocycles. The molecule has 182 valence electrons. The molecule has 1 aliphatic heterocycles. The minimum absolute atomic E-state index is 0.330. The molecule has 0 unspecified atom stereocenters. The maximum atomic E-state index is 6.48. The fraction of sp³-hybridized carbons (Fsp3) is 0. The standard InChI is InChI=1S/C36H19INO/c1-3-7-22(8-4-1)38(23-9-5-2-6-10-23)27-19-26-34-32-24(27)15-13-20-11-12-21-14-17-28-35(31(21)30(20)32)36-29(39-28)18-16-25(37-26)33(34)36/h1-19H/q-1. The summed E-state index contributed by atoms with van der Waals surface area (Å²) in [6.45, 7) is 0. The van der Waals surface area contributed by atoms with Gasteiger partial charge in [-0.2, -0.15) is 0 Å². The monoisotopic (exact) mass is 608 g/mol. The Bertz CT molecular complexity index is 2310. The van der Waals surface area contributed by atoms with Crippen LogP contribution in [-0.2, 0) is 0 Å². The van der Waals surface area contributed by atoms with Crippen molar-refractivity contribution in [3.05, 3.63) is 122 Å². The average Bonchev–Trinajstić information content (AvgIpc) is 3.51. The number of hydrogen-bond donors (Lipinski definition) is 0. The normalized spacial score (nSPS) is 13.2. The van der Waals surface area contributed by atoms with Crippen LogP contribution in [0.4, 0.5) is 17.1 Å². The Balaban J connectivity index is 1.47. The molecular formula is C36H19INO-. The molecule has 8 aromatic rings. The van der Waals surface area contributed by atoms with Crippen molar-refractivity contribution in [2.24, 2.45) is 0 Å². The molecule has 0 bridgehead atoms. The van der Waals surface area contributed by atoms with Gasteiger partial charge in [-0.3, -0.25) is 0 Å². The third-order valence-electron chi connectivity index (χ3n) is 8.47. The van der Waals surface area contributed by atoms with Gasteiger partial charge in [-0.15, -0.1) is 0 Å². The van der Waals surface area contributed by atoms with Gasteiger partial charge in [0.2, 0.25) is 0 Å². The summed E-state index contributed by atoms with van der Waals surface area (Å²) in [5.74, 6) is 0. The first-order chi connectivity index (χ1) is 19.3. The molecule has 0 N–H and O–H groups in total. The van der Waals surface area contributed by atoms with Crippen LogP contribution in [0.25, 0.3) is 65.4 Å². The summed E-state index contributed by atoms with van der Waals surface area (Å²) < 4.78 is 9.48. The number of furan rings is 1. The summed E-state index contributed by atoms with van der Waals surface area (Å²) in [4.78, 5) is 2.44. The van der Waals surface area contributed by atoms with Gasteiger partial charge in [-0.05, 0) is 0 Å². The van der Waals surface area contributed by atoms with E-state index in [1.54, 1.807) is 0 Å². The third-order valence-corrected chi connectivity index (χ3v) is 11.4. The van der Waals surface area contributed by atoms with Crippen LogP contribution in [0, 0.1) is 7.14 Å². The Morgan fingerprint density at radius 1 is 0.487 bits per heavy atom. The predicted molar refractivity (Wildman–Crippen MR) is 157 cm³/mol. The van der Waals surface area contributed by atoms with Crippen LogP contribution in [0.2, 0.25) is 0 Å². The number of anilines is 3. The zero-order chi connectivity index (χ0) is 25.2. The van der Waals surface area contributed by atoms with E-state index in [9.17, 15) is 0 Å². The summed E-state index contributed by atoms with van der Waals surface area (Å²) >= 11 is -0.330. The minimum atomic E-state index is -0.330. The molecule has 2 heterocycles. The van der Waals surface area contributed by atoms with Crippen LogP contribution in [0.3, 0.4) is 0 Å². The van der Waals surface area contributed by atoms with Crippen LogP contribution in [0.5, 0.6) is 0 Å². The van der Waals surface area contributed by atoms with Gasteiger partial charge in [-0.25, -0.2) is 0 Å². The number of hydrogen-bond acceptors (Lipinski definition) is 2. The Morgan fingerprint density at radius 2 is 1.08 bits per heavy atom. The number of nitrogens with zero attached hydrogens (tertiary/aromatic N) is 1. The van der Waals surface area contributed by atoms with E-state index in [-0.39, 0.29) is 21.2 Å². The van der Waals surface area contributed by atoms with Crippen LogP contribution in [0.1, 0.15) is 0 Å². The quantitative estimate of drug-likeness (QED) is 0.160. The zero-order valence-electron chi connectivity index (χ0n) is 20.7. The SMILES string of the molecule is c1ccc(N(c2ccccc2)c2cc3c4c5c2ccc2ccc6ccc7oc8ccc(c-4c8c7c6c25)[I-]3)cc1. The van der Waals surface area contributed by atoms with E-state index in [0.29, 0.717) is 0 Å². The molecule has 0 saturated carbocycles. The molecule has 1 aliphatic carbocycles. The molecule has 0 atom stereocenters. The second-order valence-corrected chi connectivity index (χ2v) is 13.3. The Labute approximate surface area is 234 Å². The van der Waals surface area contributed by atoms with Crippen LogP contribution in [0.15, 0.2) is 120 Å². The number of para-hydroxylation sites is 2. The van der Waals surface area contributed by atoms with E-state index in [4.69, 9.17) is 4.42 Å². The summed E-state index contributed by atoms with van der Waals surface area (Å²) in [5, 5.41) is 10.6. The summed E-state index contributed by atoms with van der Waals surface area (Å²) in [7, 11) is 0. The topological polar surface area (TPSA) is 16.4 Å². The predicted octanol–water partition coefficient (Wildman–Crippen LogP) is 6.94. The Hall–Kier alpha value is -4.35. The van der Waals surface area contributed by atoms with Crippen molar-refractivity contribution in [3.63, 3.8) is 0 Å². The van der Waals surface area contributed by atoms with Gasteiger partial charge in [0.15, 0.2) is 0 Å². The van der Waals surface area contributed by atoms with Gasteiger partial charge < -0.3 is 0 Å². The van der Waals surface area contributed by atoms with Gasteiger partial charge in [-0.1, -0.05) is 0 Å². The van der Waals surface area contributed by atoms with Gasteiger partial charge in [0.25, 0.3) is 0 Å². The van der Waals surface area contributed by atoms with Crippen molar-refractivity contribution < 1.29 is 25.6 Å². The summed E-state index contributed by atoms with van der Waals surface area (Å²) in [6, 6.07) is 42.3. The second kappa shape index (κ2) is 7.19. The molecule has 2 nitrogen and oxygen atoms in total. The average molecular weight is 608 g/mol. The molecule has 0 spiro atoms. The zero-order valence-corrected chi connectivity index (χ0v) is 22.9. The molecular weight excluding hydrogens is 589 g/mol. The fourth-order valence-electron chi connectivity index (χ4n) is 6.94. The van der Waals surface area contributed by atoms with E-state index >= 15 is 0 Å². The van der Waals surface area contributed by atoms with E-state index in [2.05, 4.69) is 120 Å². The number of benzene rings is 7. The molecule has 0 fully saturated rings. The van der Waals surface area contributed by atoms with Crippen molar-refractivity contribution in [3.8, 4) is 11.1 Å². The number of halogens is 1. The molecule has 3 heteroatoms. The van der Waals surface area contributed by atoms with Crippen molar-refractivity contribution in [2.75, 3.05) is 4.90 Å². The molecule has 0 radical (unpaired) electrons. The second-order valence-electron chi connectivity index (χ2n) is 10.4. The first-order valence-electron chi connectivity index (χ1n) is 13.2. The van der Waals surface area contributed by atoms with E-state index in [0.717, 1.165) is 11.2 Å². The molecule has 0 amide bonds. The summed E-state index contributed by atoms with van der Waals surface area (Å²) in [5.41, 5.74) is 8.46. The van der Waals surface area contributed by atoms with Crippen molar-refractivity contribution in [1.29, 1.82) is 0 Å². The molecule has 1 aromatic heterocycles.